The number of aromatic nitrogens is 1. The van der Waals surface area contributed by atoms with Gasteiger partial charge in [0.25, 0.3) is 5.91 Å². The Labute approximate surface area is 179 Å². The second-order valence-corrected chi connectivity index (χ2v) is 7.89. The van der Waals surface area contributed by atoms with Crippen LogP contribution in [0.1, 0.15) is 26.4 Å². The summed E-state index contributed by atoms with van der Waals surface area (Å²) in [7, 11) is 0. The third kappa shape index (κ3) is 4.85. The van der Waals surface area contributed by atoms with Gasteiger partial charge in [-0.1, -0.05) is 18.2 Å². The number of rotatable bonds is 5. The van der Waals surface area contributed by atoms with Gasteiger partial charge in [0.2, 0.25) is 0 Å². The molecule has 1 fully saturated rings. The number of ether oxygens (including phenoxy) is 1. The van der Waals surface area contributed by atoms with Crippen LogP contribution in [0.25, 0.3) is 0 Å². The number of amides is 2. The lowest BCUT2D eigenvalue weighted by Crippen LogP contribution is -2.23. The number of benzene rings is 2. The van der Waals surface area contributed by atoms with Gasteiger partial charge in [0.05, 0.1) is 12.1 Å². The van der Waals surface area contributed by atoms with Crippen LogP contribution in [0, 0.1) is 0 Å². The predicted molar refractivity (Wildman–Crippen MR) is 109 cm³/mol. The van der Waals surface area contributed by atoms with Gasteiger partial charge in [-0.15, -0.1) is 11.3 Å². The van der Waals surface area contributed by atoms with Crippen LogP contribution in [-0.4, -0.2) is 30.1 Å². The first kappa shape index (κ1) is 20.9. The van der Waals surface area contributed by atoms with Gasteiger partial charge >= 0.3 is 12.3 Å². The molecule has 1 saturated heterocycles. The predicted octanol–water partition coefficient (Wildman–Crippen LogP) is 4.96. The lowest BCUT2D eigenvalue weighted by atomic mass is 10.1. The Morgan fingerprint density at radius 3 is 2.65 bits per heavy atom. The van der Waals surface area contributed by atoms with Crippen LogP contribution < -0.4 is 10.2 Å². The molecule has 1 aliphatic heterocycles. The van der Waals surface area contributed by atoms with E-state index in [9.17, 15) is 22.8 Å². The summed E-state index contributed by atoms with van der Waals surface area (Å²) in [6.07, 6.45) is -2.84. The molecule has 160 valence electrons. The van der Waals surface area contributed by atoms with E-state index < -0.39 is 17.8 Å². The van der Waals surface area contributed by atoms with E-state index >= 15 is 0 Å². The Kier molecular flexibility index (Phi) is 5.64. The molecule has 0 radical (unpaired) electrons. The fourth-order valence-electron chi connectivity index (χ4n) is 3.07. The average molecular weight is 447 g/mol. The van der Waals surface area contributed by atoms with Crippen molar-refractivity contribution < 1.29 is 27.5 Å². The fourth-order valence-corrected chi connectivity index (χ4v) is 3.91. The van der Waals surface area contributed by atoms with Crippen molar-refractivity contribution >= 4 is 34.2 Å². The van der Waals surface area contributed by atoms with Crippen LogP contribution in [0.2, 0.25) is 0 Å². The second kappa shape index (κ2) is 8.38. The molecule has 2 aromatic carbocycles. The zero-order valence-electron chi connectivity index (χ0n) is 16.0. The highest BCUT2D eigenvalue weighted by Crippen LogP contribution is 2.30. The van der Waals surface area contributed by atoms with Crippen molar-refractivity contribution in [3.8, 4) is 0 Å². The van der Waals surface area contributed by atoms with Crippen LogP contribution in [0.15, 0.2) is 54.7 Å². The van der Waals surface area contributed by atoms with Crippen molar-refractivity contribution in [1.82, 2.24) is 4.98 Å². The molecule has 0 aliphatic carbocycles. The molecule has 4 rings (SSSR count). The van der Waals surface area contributed by atoms with Crippen molar-refractivity contribution in [3.63, 3.8) is 0 Å². The number of nitrogens with zero attached hydrogens (tertiary/aromatic N) is 2. The summed E-state index contributed by atoms with van der Waals surface area (Å²) < 4.78 is 42.9. The molecule has 0 bridgehead atoms. The molecule has 0 spiro atoms. The molecule has 3 aromatic rings. The first-order chi connectivity index (χ1) is 14.8. The van der Waals surface area contributed by atoms with E-state index in [1.54, 1.807) is 30.5 Å². The minimum absolute atomic E-state index is 0.302. The summed E-state index contributed by atoms with van der Waals surface area (Å²) in [6, 6.07) is 11.5. The minimum atomic E-state index is -4.37. The maximum Gasteiger partial charge on any atom is 0.416 e. The molecule has 2 amide bonds. The van der Waals surface area contributed by atoms with E-state index in [0.717, 1.165) is 17.0 Å². The van der Waals surface area contributed by atoms with Gasteiger partial charge < -0.3 is 4.74 Å². The number of hydrogen-bond acceptors (Lipinski definition) is 5. The smallest absolute Gasteiger partial charge is 0.416 e. The van der Waals surface area contributed by atoms with Crippen molar-refractivity contribution in [2.75, 3.05) is 23.4 Å². The Hall–Kier alpha value is -3.40. The van der Waals surface area contributed by atoms with E-state index in [1.807, 2.05) is 0 Å². The van der Waals surface area contributed by atoms with Crippen LogP contribution in [0.4, 0.5) is 28.8 Å². The first-order valence-electron chi connectivity index (χ1n) is 9.26. The fraction of sp³-hybridized carbons (Fsp3) is 0.190. The zero-order chi connectivity index (χ0) is 22.0. The number of thiazole rings is 1. The summed E-state index contributed by atoms with van der Waals surface area (Å²) in [5.41, 5.74) is 0.937. The van der Waals surface area contributed by atoms with E-state index in [4.69, 9.17) is 4.74 Å². The summed E-state index contributed by atoms with van der Waals surface area (Å²) in [5.74, 6) is -0.384. The summed E-state index contributed by atoms with van der Waals surface area (Å²) in [6.45, 7) is 0.722. The number of nitrogens with one attached hydrogen (secondary N) is 1. The molecule has 1 aliphatic rings. The number of alkyl halides is 3. The number of carbonyl (C=O) groups excluding carboxylic acids is 2. The van der Waals surface area contributed by atoms with E-state index in [0.29, 0.717) is 41.5 Å². The van der Waals surface area contributed by atoms with Crippen molar-refractivity contribution in [1.29, 1.82) is 0 Å². The molecule has 10 heteroatoms. The van der Waals surface area contributed by atoms with Gasteiger partial charge in [-0.05, 0) is 35.9 Å². The Morgan fingerprint density at radius 2 is 1.97 bits per heavy atom. The number of cyclic esters (lactones) is 1. The van der Waals surface area contributed by atoms with Gasteiger partial charge in [0.15, 0.2) is 5.13 Å². The van der Waals surface area contributed by atoms with Gasteiger partial charge in [-0.25, -0.2) is 9.78 Å². The van der Waals surface area contributed by atoms with Gasteiger partial charge in [-0.2, -0.15) is 13.2 Å². The lowest BCUT2D eigenvalue weighted by molar-refractivity contribution is -0.137. The standard InChI is InChI=1S/C21H16F3N3O3S/c22-21(23,24)15-6-4-13(5-7-15)10-17-12-25-19(31-17)26-18(28)14-2-1-3-16(11-14)27-8-9-30-20(27)29/h1-7,11-12H,8-10H2,(H,25,26,28). The molecular formula is C21H16F3N3O3S. The summed E-state index contributed by atoms with van der Waals surface area (Å²) >= 11 is 1.24. The van der Waals surface area contributed by atoms with Crippen molar-refractivity contribution in [3.05, 3.63) is 76.3 Å². The van der Waals surface area contributed by atoms with E-state index in [2.05, 4.69) is 10.3 Å². The highest BCUT2D eigenvalue weighted by molar-refractivity contribution is 7.15. The SMILES string of the molecule is O=C(Nc1ncc(Cc2ccc(C(F)(F)F)cc2)s1)c1cccc(N2CCOC2=O)c1. The Bertz CT molecular complexity index is 1110. The lowest BCUT2D eigenvalue weighted by Gasteiger charge is -2.13. The molecule has 31 heavy (non-hydrogen) atoms. The first-order valence-corrected chi connectivity index (χ1v) is 10.1. The maximum absolute atomic E-state index is 12.7. The van der Waals surface area contributed by atoms with E-state index in [-0.39, 0.29) is 5.91 Å². The van der Waals surface area contributed by atoms with Crippen LogP contribution in [0.5, 0.6) is 0 Å². The average Bonchev–Trinajstić information content (AvgIpc) is 3.36. The number of hydrogen-bond donors (Lipinski definition) is 1. The van der Waals surface area contributed by atoms with Crippen LogP contribution >= 0.6 is 11.3 Å². The Balaban J connectivity index is 1.41. The molecule has 1 aromatic heterocycles. The normalized spacial score (nSPS) is 13.9. The van der Waals surface area contributed by atoms with Crippen molar-refractivity contribution in [2.24, 2.45) is 0 Å². The van der Waals surface area contributed by atoms with Crippen molar-refractivity contribution in [2.45, 2.75) is 12.6 Å². The number of anilines is 2. The van der Waals surface area contributed by atoms with Crippen LogP contribution in [0.3, 0.4) is 0 Å². The highest BCUT2D eigenvalue weighted by atomic mass is 32.1. The number of carbonyl (C=O) groups is 2. The maximum atomic E-state index is 12.7. The third-order valence-corrected chi connectivity index (χ3v) is 5.53. The molecular weight excluding hydrogens is 431 g/mol. The number of halogens is 3. The van der Waals surface area contributed by atoms with Gasteiger partial charge in [0.1, 0.15) is 6.61 Å². The third-order valence-electron chi connectivity index (χ3n) is 4.61. The van der Waals surface area contributed by atoms with Crippen LogP contribution in [-0.2, 0) is 17.3 Å². The minimum Gasteiger partial charge on any atom is -0.447 e. The summed E-state index contributed by atoms with van der Waals surface area (Å²) in [4.78, 5) is 30.7. The van der Waals surface area contributed by atoms with Gasteiger partial charge in [0, 0.05) is 28.7 Å². The zero-order valence-corrected chi connectivity index (χ0v) is 16.8. The molecule has 0 atom stereocenters. The Morgan fingerprint density at radius 1 is 1.19 bits per heavy atom. The highest BCUT2D eigenvalue weighted by Gasteiger charge is 2.30. The topological polar surface area (TPSA) is 71.5 Å². The van der Waals surface area contributed by atoms with E-state index in [1.165, 1.54) is 28.4 Å². The molecule has 1 N–H and O–H groups in total. The largest absolute Gasteiger partial charge is 0.447 e. The molecule has 6 nitrogen and oxygen atoms in total. The molecule has 0 saturated carbocycles. The second-order valence-electron chi connectivity index (χ2n) is 6.77. The van der Waals surface area contributed by atoms with Gasteiger partial charge in [-0.3, -0.25) is 15.0 Å². The molecule has 0 unspecified atom stereocenters. The quantitative estimate of drug-likeness (QED) is 0.600. The monoisotopic (exact) mass is 447 g/mol. The summed E-state index contributed by atoms with van der Waals surface area (Å²) in [5, 5.41) is 3.08. The molecule has 2 heterocycles.